The molecule has 0 spiro atoms. The smallest absolute Gasteiger partial charge is 0.0476 e. The first-order valence-electron chi connectivity index (χ1n) is 16.6. The van der Waals surface area contributed by atoms with Gasteiger partial charge in [-0.2, -0.15) is 0 Å². The van der Waals surface area contributed by atoms with Crippen molar-refractivity contribution in [1.82, 2.24) is 0 Å². The maximum absolute atomic E-state index is 2.42. The van der Waals surface area contributed by atoms with E-state index in [1.54, 1.807) is 0 Å². The molecule has 0 aliphatic carbocycles. The second-order valence-electron chi connectivity index (χ2n) is 12.5. The van der Waals surface area contributed by atoms with E-state index in [4.69, 9.17) is 0 Å². The Kier molecular flexibility index (Phi) is 6.61. The number of nitrogens with zero attached hydrogens (tertiary/aromatic N) is 1. The van der Waals surface area contributed by atoms with E-state index in [9.17, 15) is 0 Å². The van der Waals surface area contributed by atoms with Crippen molar-refractivity contribution >= 4 is 90.9 Å². The molecule has 0 saturated carbocycles. The van der Waals surface area contributed by atoms with Gasteiger partial charge in [0.15, 0.2) is 0 Å². The summed E-state index contributed by atoms with van der Waals surface area (Å²) in [5.74, 6) is 0. The van der Waals surface area contributed by atoms with Crippen LogP contribution in [0.3, 0.4) is 0 Å². The maximum Gasteiger partial charge on any atom is 0.0476 e. The topological polar surface area (TPSA) is 3.24 Å². The molecule has 8 aromatic carbocycles. The molecule has 230 valence electrons. The van der Waals surface area contributed by atoms with Crippen molar-refractivity contribution in [2.45, 2.75) is 0 Å². The summed E-state index contributed by atoms with van der Waals surface area (Å²) in [5, 5.41) is 7.78. The predicted molar refractivity (Wildman–Crippen MR) is 215 cm³/mol. The van der Waals surface area contributed by atoms with Crippen LogP contribution < -0.4 is 4.90 Å². The first-order chi connectivity index (χ1) is 24.3. The number of anilines is 3. The van der Waals surface area contributed by atoms with Crippen LogP contribution >= 0.6 is 22.7 Å². The third-order valence-corrected chi connectivity index (χ3v) is 11.9. The molecule has 0 amide bonds. The third kappa shape index (κ3) is 4.74. The number of benzene rings is 8. The molecule has 0 unspecified atom stereocenters. The van der Waals surface area contributed by atoms with Gasteiger partial charge in [-0.15, -0.1) is 22.7 Å². The van der Waals surface area contributed by atoms with E-state index < -0.39 is 0 Å². The zero-order chi connectivity index (χ0) is 32.3. The van der Waals surface area contributed by atoms with Gasteiger partial charge >= 0.3 is 0 Å². The van der Waals surface area contributed by atoms with Crippen molar-refractivity contribution in [3.63, 3.8) is 0 Å². The van der Waals surface area contributed by atoms with Gasteiger partial charge in [0.1, 0.15) is 0 Å². The third-order valence-electron chi connectivity index (χ3n) is 9.64. The van der Waals surface area contributed by atoms with Gasteiger partial charge in [-0.05, 0) is 87.6 Å². The number of rotatable bonds is 5. The molecule has 2 heterocycles. The average molecular weight is 660 g/mol. The average Bonchev–Trinajstić information content (AvgIpc) is 3.73. The van der Waals surface area contributed by atoms with Crippen molar-refractivity contribution < 1.29 is 0 Å². The summed E-state index contributed by atoms with van der Waals surface area (Å²) >= 11 is 3.73. The molecule has 0 aliphatic rings. The van der Waals surface area contributed by atoms with Crippen LogP contribution in [0.5, 0.6) is 0 Å². The largest absolute Gasteiger partial charge is 0.310 e. The molecule has 0 saturated heterocycles. The van der Waals surface area contributed by atoms with E-state index in [0.717, 1.165) is 17.1 Å². The monoisotopic (exact) mass is 659 g/mol. The highest BCUT2D eigenvalue weighted by molar-refractivity contribution is 7.26. The SMILES string of the molecule is c1cc(-c2cccc3ccccc23)cc(N(c2cccc(-c3cccc4sc5ccccc5c34)c2)c2ccc3c(c2)sc2ccccc23)c1. The standard InChI is InChI=1S/C46H29NS2/c1-2-17-36-30(11-1)12-9-20-37(36)31-13-7-15-33(27-31)47(35-25-26-40-39-18-3-5-22-42(39)49-45(40)29-35)34-16-8-14-32(28-34)38-21-10-24-44-46(38)41-19-4-6-23-43(41)48-44/h1-29H. The molecule has 0 atom stereocenters. The minimum atomic E-state index is 1.13. The number of fused-ring (bicyclic) bond motifs is 7. The minimum Gasteiger partial charge on any atom is -0.310 e. The number of hydrogen-bond acceptors (Lipinski definition) is 3. The quantitative estimate of drug-likeness (QED) is 0.178. The Labute approximate surface area is 292 Å². The Morgan fingerprint density at radius 1 is 0.327 bits per heavy atom. The van der Waals surface area contributed by atoms with Crippen LogP contribution in [0.2, 0.25) is 0 Å². The van der Waals surface area contributed by atoms with E-state index >= 15 is 0 Å². The Bertz CT molecular complexity index is 2850. The van der Waals surface area contributed by atoms with Gasteiger partial charge < -0.3 is 4.90 Å². The fraction of sp³-hybridized carbons (Fsp3) is 0. The van der Waals surface area contributed by atoms with E-state index in [0.29, 0.717) is 0 Å². The molecule has 0 radical (unpaired) electrons. The highest BCUT2D eigenvalue weighted by Gasteiger charge is 2.18. The molecule has 2 aromatic heterocycles. The summed E-state index contributed by atoms with van der Waals surface area (Å²) in [6, 6.07) is 64.5. The first-order valence-corrected chi connectivity index (χ1v) is 18.2. The highest BCUT2D eigenvalue weighted by Crippen LogP contribution is 2.44. The summed E-state index contributed by atoms with van der Waals surface area (Å²) in [7, 11) is 0. The van der Waals surface area contributed by atoms with Gasteiger partial charge in [0.05, 0.1) is 0 Å². The zero-order valence-electron chi connectivity index (χ0n) is 26.5. The lowest BCUT2D eigenvalue weighted by atomic mass is 9.97. The Hall–Kier alpha value is -5.74. The molecule has 10 aromatic rings. The van der Waals surface area contributed by atoms with Crippen molar-refractivity contribution in [2.24, 2.45) is 0 Å². The molecule has 10 rings (SSSR count). The Morgan fingerprint density at radius 3 is 1.67 bits per heavy atom. The molecule has 1 nitrogen and oxygen atoms in total. The first kappa shape index (κ1) is 28.3. The van der Waals surface area contributed by atoms with Crippen LogP contribution in [-0.2, 0) is 0 Å². The molecule has 0 N–H and O–H groups in total. The molecular weight excluding hydrogens is 631 g/mol. The predicted octanol–water partition coefficient (Wildman–Crippen LogP) is 14.4. The van der Waals surface area contributed by atoms with Gasteiger partial charge in [-0.25, -0.2) is 0 Å². The van der Waals surface area contributed by atoms with Gasteiger partial charge in [-0.3, -0.25) is 0 Å². The summed E-state index contributed by atoms with van der Waals surface area (Å²) in [6.07, 6.45) is 0. The molecular formula is C46H29NS2. The fourth-order valence-electron chi connectivity index (χ4n) is 7.42. The van der Waals surface area contributed by atoms with Crippen LogP contribution in [0.15, 0.2) is 176 Å². The summed E-state index contributed by atoms with van der Waals surface area (Å²) in [5.41, 5.74) is 8.32. The summed E-state index contributed by atoms with van der Waals surface area (Å²) < 4.78 is 5.25. The highest BCUT2D eigenvalue weighted by atomic mass is 32.1. The van der Waals surface area contributed by atoms with E-state index in [-0.39, 0.29) is 0 Å². The van der Waals surface area contributed by atoms with Gasteiger partial charge in [0, 0.05) is 57.4 Å². The molecule has 0 aliphatic heterocycles. The van der Waals surface area contributed by atoms with Crippen LogP contribution in [0.4, 0.5) is 17.1 Å². The van der Waals surface area contributed by atoms with E-state index in [1.807, 2.05) is 22.7 Å². The normalized spacial score (nSPS) is 11.7. The Balaban J connectivity index is 1.18. The molecule has 0 fully saturated rings. The van der Waals surface area contributed by atoms with Crippen molar-refractivity contribution in [3.8, 4) is 22.3 Å². The molecule has 3 heteroatoms. The second kappa shape index (κ2) is 11.5. The molecule has 0 bridgehead atoms. The van der Waals surface area contributed by atoms with Gasteiger partial charge in [-0.1, -0.05) is 121 Å². The lowest BCUT2D eigenvalue weighted by molar-refractivity contribution is 1.29. The van der Waals surface area contributed by atoms with Crippen LogP contribution in [0.1, 0.15) is 0 Å². The van der Waals surface area contributed by atoms with E-state index in [1.165, 1.54) is 73.4 Å². The van der Waals surface area contributed by atoms with Gasteiger partial charge in [0.2, 0.25) is 0 Å². The Morgan fingerprint density at radius 2 is 0.857 bits per heavy atom. The van der Waals surface area contributed by atoms with E-state index in [2.05, 4.69) is 181 Å². The lowest BCUT2D eigenvalue weighted by Gasteiger charge is -2.27. The minimum absolute atomic E-state index is 1.13. The number of thiophene rings is 2. The molecule has 49 heavy (non-hydrogen) atoms. The maximum atomic E-state index is 2.42. The lowest BCUT2D eigenvalue weighted by Crippen LogP contribution is -2.10. The summed E-state index contributed by atoms with van der Waals surface area (Å²) in [4.78, 5) is 2.42. The van der Waals surface area contributed by atoms with Gasteiger partial charge in [0.25, 0.3) is 0 Å². The van der Waals surface area contributed by atoms with Crippen LogP contribution in [-0.4, -0.2) is 0 Å². The van der Waals surface area contributed by atoms with Crippen molar-refractivity contribution in [1.29, 1.82) is 0 Å². The number of hydrogen-bond donors (Lipinski definition) is 0. The van der Waals surface area contributed by atoms with Crippen molar-refractivity contribution in [2.75, 3.05) is 4.90 Å². The van der Waals surface area contributed by atoms with Crippen molar-refractivity contribution in [3.05, 3.63) is 176 Å². The second-order valence-corrected chi connectivity index (χ2v) is 14.7. The fourth-order valence-corrected chi connectivity index (χ4v) is 9.69. The summed E-state index contributed by atoms with van der Waals surface area (Å²) in [6.45, 7) is 0. The van der Waals surface area contributed by atoms with Crippen LogP contribution in [0, 0.1) is 0 Å². The zero-order valence-corrected chi connectivity index (χ0v) is 28.1. The van der Waals surface area contributed by atoms with Crippen LogP contribution in [0.25, 0.3) is 73.4 Å².